The van der Waals surface area contributed by atoms with E-state index in [-0.39, 0.29) is 6.10 Å². The summed E-state index contributed by atoms with van der Waals surface area (Å²) in [6.45, 7) is 0. The standard InChI is InChI=1S/C9H12O/c10-9-4-8-6-2-1-5(9)3-7(6)8/h1-2,5-10H,3-4H2/t5-,6+,7-,8+,9-/m0/s1. The van der Waals surface area contributed by atoms with Crippen LogP contribution in [0, 0.1) is 23.7 Å². The predicted molar refractivity (Wildman–Crippen MR) is 38.3 cm³/mol. The molecule has 0 amide bonds. The Kier molecular flexibility index (Phi) is 0.791. The van der Waals surface area contributed by atoms with E-state index in [4.69, 9.17) is 0 Å². The minimum Gasteiger partial charge on any atom is -0.393 e. The smallest absolute Gasteiger partial charge is 0.0605 e. The largest absolute Gasteiger partial charge is 0.393 e. The number of hydrogen-bond donors (Lipinski definition) is 1. The molecule has 3 aliphatic carbocycles. The van der Waals surface area contributed by atoms with Gasteiger partial charge in [0.15, 0.2) is 0 Å². The van der Waals surface area contributed by atoms with E-state index in [9.17, 15) is 5.11 Å². The van der Waals surface area contributed by atoms with Gasteiger partial charge in [0.2, 0.25) is 0 Å². The molecule has 0 unspecified atom stereocenters. The molecule has 10 heavy (non-hydrogen) atoms. The molecule has 0 aromatic heterocycles. The molecule has 2 fully saturated rings. The Bertz CT molecular complexity index is 197. The first-order valence-electron chi connectivity index (χ1n) is 4.22. The average Bonchev–Trinajstić information content (AvgIpc) is 2.65. The van der Waals surface area contributed by atoms with Gasteiger partial charge in [-0.15, -0.1) is 0 Å². The van der Waals surface area contributed by atoms with Crippen molar-refractivity contribution in [3.8, 4) is 0 Å². The minimum absolute atomic E-state index is 0.00926. The summed E-state index contributed by atoms with van der Waals surface area (Å²) < 4.78 is 0. The molecule has 0 aromatic rings. The Balaban J connectivity index is 1.99. The maximum atomic E-state index is 9.54. The van der Waals surface area contributed by atoms with E-state index in [1.807, 2.05) is 0 Å². The van der Waals surface area contributed by atoms with Gasteiger partial charge in [0.1, 0.15) is 0 Å². The molecule has 1 N–H and O–H groups in total. The highest BCUT2D eigenvalue weighted by Gasteiger charge is 2.55. The van der Waals surface area contributed by atoms with Crippen LogP contribution in [-0.2, 0) is 0 Å². The van der Waals surface area contributed by atoms with Crippen LogP contribution in [0.25, 0.3) is 0 Å². The molecule has 5 atom stereocenters. The molecular weight excluding hydrogens is 124 g/mol. The summed E-state index contributed by atoms with van der Waals surface area (Å²) in [5.41, 5.74) is 0. The van der Waals surface area contributed by atoms with Crippen LogP contribution in [0.3, 0.4) is 0 Å². The normalized spacial score (nSPS) is 62.3. The van der Waals surface area contributed by atoms with Gasteiger partial charge in [-0.3, -0.25) is 0 Å². The van der Waals surface area contributed by atoms with Crippen LogP contribution in [0.15, 0.2) is 12.2 Å². The van der Waals surface area contributed by atoms with Crippen molar-refractivity contribution >= 4 is 0 Å². The maximum absolute atomic E-state index is 9.54. The molecule has 2 saturated carbocycles. The second kappa shape index (κ2) is 1.48. The number of hydrogen-bond acceptors (Lipinski definition) is 1. The van der Waals surface area contributed by atoms with Crippen LogP contribution >= 0.6 is 0 Å². The fraction of sp³-hybridized carbons (Fsp3) is 0.778. The third-order valence-electron chi connectivity index (χ3n) is 3.53. The minimum atomic E-state index is -0.00926. The lowest BCUT2D eigenvalue weighted by atomic mass is 9.86. The second-order valence-corrected chi connectivity index (χ2v) is 3.99. The van der Waals surface area contributed by atoms with E-state index in [1.54, 1.807) is 0 Å². The number of rotatable bonds is 0. The van der Waals surface area contributed by atoms with E-state index in [0.717, 1.165) is 24.2 Å². The van der Waals surface area contributed by atoms with Crippen molar-refractivity contribution in [3.05, 3.63) is 12.2 Å². The third-order valence-corrected chi connectivity index (χ3v) is 3.53. The lowest BCUT2D eigenvalue weighted by Gasteiger charge is -2.24. The SMILES string of the molecule is O[C@H]1C[C@@H]2[C@@H]3C=C[C@H]1C[C@@H]32. The summed E-state index contributed by atoms with van der Waals surface area (Å²) in [5.74, 6) is 3.22. The van der Waals surface area contributed by atoms with Crippen molar-refractivity contribution < 1.29 is 5.11 Å². The van der Waals surface area contributed by atoms with Crippen molar-refractivity contribution in [2.75, 3.05) is 0 Å². The number of allylic oxidation sites excluding steroid dienone is 1. The second-order valence-electron chi connectivity index (χ2n) is 3.99. The monoisotopic (exact) mass is 136 g/mol. The Hall–Kier alpha value is -0.300. The van der Waals surface area contributed by atoms with Crippen LogP contribution in [-0.4, -0.2) is 11.2 Å². The van der Waals surface area contributed by atoms with Gasteiger partial charge >= 0.3 is 0 Å². The molecule has 0 spiro atoms. The molecule has 54 valence electrons. The third kappa shape index (κ3) is 0.485. The molecule has 0 radical (unpaired) electrons. The molecule has 3 rings (SSSR count). The van der Waals surface area contributed by atoms with Crippen LogP contribution in [0.5, 0.6) is 0 Å². The van der Waals surface area contributed by atoms with E-state index in [0.29, 0.717) is 5.92 Å². The summed E-state index contributed by atoms with van der Waals surface area (Å²) >= 11 is 0. The highest BCUT2D eigenvalue weighted by Crippen LogP contribution is 2.60. The van der Waals surface area contributed by atoms with Crippen molar-refractivity contribution in [3.63, 3.8) is 0 Å². The van der Waals surface area contributed by atoms with Gasteiger partial charge in [-0.1, -0.05) is 12.2 Å². The topological polar surface area (TPSA) is 20.2 Å². The van der Waals surface area contributed by atoms with Crippen LogP contribution in [0.4, 0.5) is 0 Å². The van der Waals surface area contributed by atoms with Crippen molar-refractivity contribution in [2.24, 2.45) is 23.7 Å². The molecule has 0 aromatic carbocycles. The van der Waals surface area contributed by atoms with Gasteiger partial charge in [0, 0.05) is 5.92 Å². The molecule has 2 bridgehead atoms. The summed E-state index contributed by atoms with van der Waals surface area (Å²) in [5, 5.41) is 9.54. The zero-order valence-electron chi connectivity index (χ0n) is 5.90. The average molecular weight is 136 g/mol. The Morgan fingerprint density at radius 3 is 2.80 bits per heavy atom. The summed E-state index contributed by atoms with van der Waals surface area (Å²) in [7, 11) is 0. The van der Waals surface area contributed by atoms with Crippen molar-refractivity contribution in [1.82, 2.24) is 0 Å². The van der Waals surface area contributed by atoms with Crippen LogP contribution < -0.4 is 0 Å². The van der Waals surface area contributed by atoms with Gasteiger partial charge < -0.3 is 5.11 Å². The molecule has 0 saturated heterocycles. The highest BCUT2D eigenvalue weighted by atomic mass is 16.3. The number of aliphatic hydroxyl groups is 1. The Morgan fingerprint density at radius 2 is 1.90 bits per heavy atom. The van der Waals surface area contributed by atoms with E-state index in [1.165, 1.54) is 6.42 Å². The van der Waals surface area contributed by atoms with Gasteiger partial charge in [-0.2, -0.15) is 0 Å². The van der Waals surface area contributed by atoms with Crippen molar-refractivity contribution in [2.45, 2.75) is 18.9 Å². The summed E-state index contributed by atoms with van der Waals surface area (Å²) in [6, 6.07) is 0. The van der Waals surface area contributed by atoms with Crippen LogP contribution in [0.1, 0.15) is 12.8 Å². The fourth-order valence-electron chi connectivity index (χ4n) is 2.83. The van der Waals surface area contributed by atoms with Crippen LogP contribution in [0.2, 0.25) is 0 Å². The van der Waals surface area contributed by atoms with E-state index in [2.05, 4.69) is 12.2 Å². The van der Waals surface area contributed by atoms with Gasteiger partial charge in [0.25, 0.3) is 0 Å². The first-order chi connectivity index (χ1) is 4.86. The molecular formula is C9H12O. The predicted octanol–water partition coefficient (Wildman–Crippen LogP) is 1.19. The lowest BCUT2D eigenvalue weighted by Crippen LogP contribution is -2.24. The Labute approximate surface area is 60.7 Å². The summed E-state index contributed by atoms with van der Waals surface area (Å²) in [4.78, 5) is 0. The quantitative estimate of drug-likeness (QED) is 0.496. The highest BCUT2D eigenvalue weighted by molar-refractivity contribution is 5.19. The molecule has 0 heterocycles. The van der Waals surface area contributed by atoms with E-state index >= 15 is 0 Å². The zero-order chi connectivity index (χ0) is 6.72. The van der Waals surface area contributed by atoms with Gasteiger partial charge in [-0.25, -0.2) is 0 Å². The van der Waals surface area contributed by atoms with Gasteiger partial charge in [-0.05, 0) is 30.6 Å². The molecule has 3 aliphatic rings. The van der Waals surface area contributed by atoms with Gasteiger partial charge in [0.05, 0.1) is 6.10 Å². The lowest BCUT2D eigenvalue weighted by molar-refractivity contribution is 0.0884. The first kappa shape index (κ1) is 5.36. The van der Waals surface area contributed by atoms with E-state index < -0.39 is 0 Å². The molecule has 1 nitrogen and oxygen atoms in total. The fourth-order valence-corrected chi connectivity index (χ4v) is 2.83. The number of aliphatic hydroxyl groups excluding tert-OH is 1. The zero-order valence-corrected chi connectivity index (χ0v) is 5.90. The Morgan fingerprint density at radius 1 is 1.10 bits per heavy atom. The number of fused-ring (bicyclic) bond motifs is 2. The summed E-state index contributed by atoms with van der Waals surface area (Å²) in [6.07, 6.45) is 6.91. The van der Waals surface area contributed by atoms with Crippen molar-refractivity contribution in [1.29, 1.82) is 0 Å². The molecule has 1 heteroatoms. The molecule has 0 aliphatic heterocycles. The maximum Gasteiger partial charge on any atom is 0.0605 e. The first-order valence-corrected chi connectivity index (χ1v) is 4.22.